The van der Waals surface area contributed by atoms with E-state index in [9.17, 15) is 0 Å². The predicted molar refractivity (Wildman–Crippen MR) is 95.5 cm³/mol. The van der Waals surface area contributed by atoms with Crippen LogP contribution in [0.5, 0.6) is 0 Å². The van der Waals surface area contributed by atoms with Crippen LogP contribution in [0.25, 0.3) is 0 Å². The molecular weight excluding hydrogens is 445 g/mol. The van der Waals surface area contributed by atoms with Crippen LogP contribution in [-0.2, 0) is 6.42 Å². The van der Waals surface area contributed by atoms with Gasteiger partial charge in [0.1, 0.15) is 0 Å². The van der Waals surface area contributed by atoms with Crippen molar-refractivity contribution < 1.29 is 0 Å². The molecule has 1 atom stereocenters. The third-order valence-corrected chi connectivity index (χ3v) is 6.18. The Morgan fingerprint density at radius 2 is 1.85 bits per heavy atom. The van der Waals surface area contributed by atoms with Gasteiger partial charge < -0.3 is 5.32 Å². The second kappa shape index (κ2) is 6.17. The van der Waals surface area contributed by atoms with E-state index in [4.69, 9.17) is 23.2 Å². The summed E-state index contributed by atoms with van der Waals surface area (Å²) in [5.74, 6) is 0. The lowest BCUT2D eigenvalue weighted by Gasteiger charge is -2.25. The van der Waals surface area contributed by atoms with Crippen LogP contribution in [-0.4, -0.2) is 0 Å². The summed E-state index contributed by atoms with van der Waals surface area (Å²) >= 11 is 21.4. The fourth-order valence-electron chi connectivity index (χ4n) is 2.53. The third-order valence-electron chi connectivity index (χ3n) is 3.41. The van der Waals surface area contributed by atoms with Crippen molar-refractivity contribution in [3.63, 3.8) is 0 Å². The molecule has 0 spiro atoms. The lowest BCUT2D eigenvalue weighted by atomic mass is 9.94. The summed E-state index contributed by atoms with van der Waals surface area (Å²) in [6.07, 6.45) is 3.44. The average molecular weight is 456 g/mol. The Kier molecular flexibility index (Phi) is 4.68. The van der Waals surface area contributed by atoms with E-state index >= 15 is 0 Å². The van der Waals surface area contributed by atoms with Crippen LogP contribution in [0.4, 0.5) is 5.69 Å². The van der Waals surface area contributed by atoms with E-state index in [0.29, 0.717) is 10.0 Å². The van der Waals surface area contributed by atoms with Gasteiger partial charge >= 0.3 is 0 Å². The van der Waals surface area contributed by atoms with Crippen molar-refractivity contribution in [3.8, 4) is 0 Å². The van der Waals surface area contributed by atoms with Crippen LogP contribution in [0.2, 0.25) is 10.0 Å². The highest BCUT2D eigenvalue weighted by Gasteiger charge is 2.24. The number of anilines is 1. The second-order valence-corrected chi connectivity index (χ2v) is 9.01. The Morgan fingerprint density at radius 1 is 1.15 bits per heavy atom. The van der Waals surface area contributed by atoms with Gasteiger partial charge in [-0.1, -0.05) is 39.1 Å². The standard InChI is InChI=1S/C14H11Br2Cl2NS/c15-7-4-9(17)14(10(18)5-7)19-11-2-1-3-12-8(11)6-13(16)20-12/h4-6,11,19H,1-3H2. The molecule has 0 aliphatic heterocycles. The van der Waals surface area contributed by atoms with Gasteiger partial charge in [-0.05, 0) is 59.0 Å². The summed E-state index contributed by atoms with van der Waals surface area (Å²) in [4.78, 5) is 1.45. The molecule has 3 rings (SSSR count). The van der Waals surface area contributed by atoms with E-state index in [1.54, 1.807) is 0 Å². The summed E-state index contributed by atoms with van der Waals surface area (Å²) in [5.41, 5.74) is 2.18. The van der Waals surface area contributed by atoms with E-state index < -0.39 is 0 Å². The van der Waals surface area contributed by atoms with E-state index in [-0.39, 0.29) is 6.04 Å². The van der Waals surface area contributed by atoms with Crippen LogP contribution in [0.1, 0.15) is 29.3 Å². The first-order valence-corrected chi connectivity index (χ1v) is 9.39. The van der Waals surface area contributed by atoms with Gasteiger partial charge in [-0.25, -0.2) is 0 Å². The highest BCUT2D eigenvalue weighted by Crippen LogP contribution is 2.42. The summed E-state index contributed by atoms with van der Waals surface area (Å²) in [6, 6.07) is 6.21. The maximum atomic E-state index is 6.30. The Labute approximate surface area is 148 Å². The number of fused-ring (bicyclic) bond motifs is 1. The lowest BCUT2D eigenvalue weighted by molar-refractivity contribution is 0.609. The molecule has 1 unspecified atom stereocenters. The minimum atomic E-state index is 0.275. The molecular formula is C14H11Br2Cl2NS. The number of hydrogen-bond acceptors (Lipinski definition) is 2. The first-order valence-electron chi connectivity index (χ1n) is 6.24. The molecule has 1 aliphatic rings. The summed E-state index contributed by atoms with van der Waals surface area (Å²) < 4.78 is 2.07. The highest BCUT2D eigenvalue weighted by molar-refractivity contribution is 9.11. The molecule has 106 valence electrons. The van der Waals surface area contributed by atoms with Crippen molar-refractivity contribution in [2.75, 3.05) is 5.32 Å². The number of rotatable bonds is 2. The molecule has 1 aromatic carbocycles. The highest BCUT2D eigenvalue weighted by atomic mass is 79.9. The first kappa shape index (κ1) is 15.2. The number of benzene rings is 1. The summed E-state index contributed by atoms with van der Waals surface area (Å²) in [6.45, 7) is 0. The molecule has 0 saturated carbocycles. The quantitative estimate of drug-likeness (QED) is 0.510. The monoisotopic (exact) mass is 453 g/mol. The molecule has 0 amide bonds. The van der Waals surface area contributed by atoms with Gasteiger partial charge in [0.2, 0.25) is 0 Å². The Bertz CT molecular complexity index is 634. The fraction of sp³-hybridized carbons (Fsp3) is 0.286. The first-order chi connectivity index (χ1) is 9.54. The van der Waals surface area contributed by atoms with Gasteiger partial charge in [0.05, 0.1) is 25.6 Å². The molecule has 0 fully saturated rings. The Balaban J connectivity index is 1.93. The maximum Gasteiger partial charge on any atom is 0.0724 e. The predicted octanol–water partition coefficient (Wildman–Crippen LogP) is 7.07. The van der Waals surface area contributed by atoms with Gasteiger partial charge in [-0.15, -0.1) is 11.3 Å². The molecule has 1 N–H and O–H groups in total. The van der Waals surface area contributed by atoms with E-state index in [1.165, 1.54) is 20.6 Å². The van der Waals surface area contributed by atoms with Crippen molar-refractivity contribution in [1.82, 2.24) is 0 Å². The topological polar surface area (TPSA) is 12.0 Å². The molecule has 0 radical (unpaired) electrons. The largest absolute Gasteiger partial charge is 0.376 e. The molecule has 1 nitrogen and oxygen atoms in total. The zero-order valence-electron chi connectivity index (χ0n) is 10.4. The molecule has 1 aromatic heterocycles. The molecule has 0 saturated heterocycles. The Morgan fingerprint density at radius 3 is 2.55 bits per heavy atom. The molecule has 1 aliphatic carbocycles. The molecule has 20 heavy (non-hydrogen) atoms. The number of aryl methyl sites for hydroxylation is 1. The average Bonchev–Trinajstić information content (AvgIpc) is 2.74. The van der Waals surface area contributed by atoms with Crippen molar-refractivity contribution >= 4 is 72.1 Å². The smallest absolute Gasteiger partial charge is 0.0724 e. The Hall–Kier alpha value is 0.260. The van der Waals surface area contributed by atoms with Gasteiger partial charge in [0.15, 0.2) is 0 Å². The van der Waals surface area contributed by atoms with Crippen molar-refractivity contribution in [2.45, 2.75) is 25.3 Å². The van der Waals surface area contributed by atoms with Crippen molar-refractivity contribution in [1.29, 1.82) is 0 Å². The zero-order chi connectivity index (χ0) is 14.3. The van der Waals surface area contributed by atoms with Crippen LogP contribution in [0.15, 0.2) is 26.5 Å². The lowest BCUT2D eigenvalue weighted by Crippen LogP contribution is -2.16. The minimum Gasteiger partial charge on any atom is -0.376 e. The number of hydrogen-bond donors (Lipinski definition) is 1. The van der Waals surface area contributed by atoms with Crippen molar-refractivity contribution in [3.05, 3.63) is 46.9 Å². The summed E-state index contributed by atoms with van der Waals surface area (Å²) in [7, 11) is 0. The molecule has 6 heteroatoms. The van der Waals surface area contributed by atoms with Gasteiger partial charge in [0, 0.05) is 9.35 Å². The van der Waals surface area contributed by atoms with E-state index in [2.05, 4.69) is 43.2 Å². The fourth-order valence-corrected chi connectivity index (χ4v) is 5.66. The van der Waals surface area contributed by atoms with Crippen LogP contribution < -0.4 is 5.32 Å². The molecule has 2 aromatic rings. The molecule has 0 bridgehead atoms. The second-order valence-electron chi connectivity index (χ2n) is 4.76. The zero-order valence-corrected chi connectivity index (χ0v) is 15.9. The van der Waals surface area contributed by atoms with Gasteiger partial charge in [0.25, 0.3) is 0 Å². The SMILES string of the molecule is Clc1cc(Br)cc(Cl)c1NC1CCCc2sc(Br)cc21. The van der Waals surface area contributed by atoms with Crippen LogP contribution in [0, 0.1) is 0 Å². The number of thiophene rings is 1. The maximum absolute atomic E-state index is 6.30. The normalized spacial score (nSPS) is 17.9. The third kappa shape index (κ3) is 3.05. The van der Waals surface area contributed by atoms with Crippen molar-refractivity contribution in [2.24, 2.45) is 0 Å². The number of halogens is 4. The van der Waals surface area contributed by atoms with Gasteiger partial charge in [-0.3, -0.25) is 0 Å². The van der Waals surface area contributed by atoms with Crippen LogP contribution in [0.3, 0.4) is 0 Å². The van der Waals surface area contributed by atoms with Crippen LogP contribution >= 0.6 is 66.4 Å². The van der Waals surface area contributed by atoms with E-state index in [0.717, 1.165) is 23.0 Å². The van der Waals surface area contributed by atoms with Gasteiger partial charge in [-0.2, -0.15) is 0 Å². The van der Waals surface area contributed by atoms with E-state index in [1.807, 2.05) is 23.5 Å². The molecule has 1 heterocycles. The minimum absolute atomic E-state index is 0.275. The number of nitrogens with one attached hydrogen (secondary N) is 1. The summed E-state index contributed by atoms with van der Waals surface area (Å²) in [5, 5.41) is 4.80.